The highest BCUT2D eigenvalue weighted by Crippen LogP contribution is 2.14. The number of carbonyl (C=O) groups excluding carboxylic acids is 3. The largest absolute Gasteiger partial charge is 0.462 e. The molecule has 0 fully saturated rings. The SMILES string of the molecule is CC\C=C/C=C\C=C/C=C\C=C/CCCCCC(=O)OC(COC(=O)CCCCCCC/C=C\CCCC)COC(=O)CCCCCCC/C=C\CCCCCCCCCCC. The van der Waals surface area contributed by atoms with Gasteiger partial charge >= 0.3 is 17.9 Å². The number of unbranched alkanes of at least 4 members (excludes halogenated alkanes) is 24. The minimum Gasteiger partial charge on any atom is -0.462 e. The highest BCUT2D eigenvalue weighted by Gasteiger charge is 2.19. The number of esters is 3. The lowest BCUT2D eigenvalue weighted by Gasteiger charge is -2.18. The van der Waals surface area contributed by atoms with E-state index >= 15 is 0 Å². The van der Waals surface area contributed by atoms with Gasteiger partial charge in [0.05, 0.1) is 0 Å². The lowest BCUT2D eigenvalue weighted by Crippen LogP contribution is -2.30. The van der Waals surface area contributed by atoms with Crippen LogP contribution in [0.1, 0.15) is 233 Å². The first-order valence-corrected chi connectivity index (χ1v) is 25.7. The minimum absolute atomic E-state index is 0.101. The summed E-state index contributed by atoms with van der Waals surface area (Å²) in [6.07, 6.45) is 64.3. The number of hydrogen-bond donors (Lipinski definition) is 0. The molecule has 0 aliphatic rings. The Morgan fingerprint density at radius 3 is 1.10 bits per heavy atom. The van der Waals surface area contributed by atoms with E-state index < -0.39 is 6.10 Å². The second kappa shape index (κ2) is 50.2. The van der Waals surface area contributed by atoms with Crippen molar-refractivity contribution < 1.29 is 28.6 Å². The van der Waals surface area contributed by atoms with Crippen LogP contribution in [0.25, 0.3) is 0 Å². The van der Waals surface area contributed by atoms with Gasteiger partial charge in [0.25, 0.3) is 0 Å². The van der Waals surface area contributed by atoms with Crippen LogP contribution in [-0.2, 0) is 28.6 Å². The predicted molar refractivity (Wildman–Crippen MR) is 265 cm³/mol. The monoisotopic (exact) mass is 863 g/mol. The van der Waals surface area contributed by atoms with Crippen molar-refractivity contribution in [1.29, 1.82) is 0 Å². The fraction of sp³-hybridized carbons (Fsp3) is 0.696. The van der Waals surface area contributed by atoms with Gasteiger partial charge in [-0.2, -0.15) is 0 Å². The molecule has 0 rings (SSSR count). The Morgan fingerprint density at radius 2 is 0.661 bits per heavy atom. The van der Waals surface area contributed by atoms with Crippen LogP contribution in [0.2, 0.25) is 0 Å². The van der Waals surface area contributed by atoms with E-state index in [1.165, 1.54) is 103 Å². The van der Waals surface area contributed by atoms with Crippen LogP contribution in [0, 0.1) is 0 Å². The van der Waals surface area contributed by atoms with Gasteiger partial charge in [0.1, 0.15) is 13.2 Å². The zero-order chi connectivity index (χ0) is 45.1. The first-order valence-electron chi connectivity index (χ1n) is 25.7. The van der Waals surface area contributed by atoms with Crippen LogP contribution >= 0.6 is 0 Å². The third kappa shape index (κ3) is 47.6. The normalized spacial score (nSPS) is 12.8. The molecule has 0 aliphatic heterocycles. The van der Waals surface area contributed by atoms with Gasteiger partial charge in [0.15, 0.2) is 6.10 Å². The van der Waals surface area contributed by atoms with Crippen molar-refractivity contribution in [3.8, 4) is 0 Å². The Hall–Kier alpha value is -3.41. The molecule has 62 heavy (non-hydrogen) atoms. The summed E-state index contributed by atoms with van der Waals surface area (Å²) in [7, 11) is 0. The van der Waals surface area contributed by atoms with Crippen LogP contribution in [0.15, 0.2) is 85.1 Å². The summed E-state index contributed by atoms with van der Waals surface area (Å²) in [5.74, 6) is -0.963. The van der Waals surface area contributed by atoms with Gasteiger partial charge in [-0.1, -0.05) is 215 Å². The van der Waals surface area contributed by atoms with Crippen LogP contribution in [0.5, 0.6) is 0 Å². The fourth-order valence-electron chi connectivity index (χ4n) is 6.85. The maximum atomic E-state index is 12.8. The van der Waals surface area contributed by atoms with Gasteiger partial charge in [-0.3, -0.25) is 14.4 Å². The van der Waals surface area contributed by atoms with Crippen LogP contribution < -0.4 is 0 Å². The molecule has 0 radical (unpaired) electrons. The molecule has 0 amide bonds. The number of carbonyl (C=O) groups is 3. The van der Waals surface area contributed by atoms with E-state index in [4.69, 9.17) is 14.2 Å². The van der Waals surface area contributed by atoms with Crippen molar-refractivity contribution in [2.75, 3.05) is 13.2 Å². The number of ether oxygens (including phenoxy) is 3. The Balaban J connectivity index is 4.45. The van der Waals surface area contributed by atoms with Crippen molar-refractivity contribution in [1.82, 2.24) is 0 Å². The Kier molecular flexibility index (Phi) is 47.5. The van der Waals surface area contributed by atoms with Gasteiger partial charge in [0, 0.05) is 19.3 Å². The maximum absolute atomic E-state index is 12.8. The van der Waals surface area contributed by atoms with Crippen molar-refractivity contribution in [3.63, 3.8) is 0 Å². The van der Waals surface area contributed by atoms with Crippen molar-refractivity contribution in [2.24, 2.45) is 0 Å². The predicted octanol–water partition coefficient (Wildman–Crippen LogP) is 16.8. The third-order valence-electron chi connectivity index (χ3n) is 10.7. The lowest BCUT2D eigenvalue weighted by atomic mass is 10.1. The van der Waals surface area contributed by atoms with Crippen LogP contribution in [0.3, 0.4) is 0 Å². The molecule has 0 aromatic rings. The van der Waals surface area contributed by atoms with E-state index in [0.717, 1.165) is 83.5 Å². The van der Waals surface area contributed by atoms with E-state index in [0.29, 0.717) is 19.3 Å². The first-order chi connectivity index (χ1) is 30.5. The highest BCUT2D eigenvalue weighted by atomic mass is 16.6. The van der Waals surface area contributed by atoms with Gasteiger partial charge in [-0.25, -0.2) is 0 Å². The van der Waals surface area contributed by atoms with Crippen LogP contribution in [0.4, 0.5) is 0 Å². The quantitative estimate of drug-likeness (QED) is 0.0199. The standard InChI is InChI=1S/C56H94O6/c1-4-7-10-13-16-19-22-24-26-27-28-30-31-34-37-40-43-46-49-55(58)61-52-53(51-60-54(57)48-45-42-39-36-33-21-18-15-12-9-6-3)62-56(59)50-47-44-41-38-35-32-29-25-23-20-17-14-11-8-5-2/h8,11,14-15,17-18,20,23,25,28-30,32,35,53H,4-7,9-10,12-13,16,19,21-22,24,26-27,31,33-34,36-52H2,1-3H3/b11-8-,17-14-,18-15-,23-20-,29-25-,30-28-,35-32-. The lowest BCUT2D eigenvalue weighted by molar-refractivity contribution is -0.167. The summed E-state index contributed by atoms with van der Waals surface area (Å²) < 4.78 is 16.7. The molecule has 0 heterocycles. The topological polar surface area (TPSA) is 78.9 Å². The molecule has 6 heteroatoms. The molecule has 0 spiro atoms. The zero-order valence-electron chi connectivity index (χ0n) is 40.4. The Morgan fingerprint density at radius 1 is 0.339 bits per heavy atom. The van der Waals surface area contributed by atoms with Gasteiger partial charge in [-0.15, -0.1) is 0 Å². The number of hydrogen-bond acceptors (Lipinski definition) is 6. The first kappa shape index (κ1) is 58.6. The molecule has 0 bridgehead atoms. The maximum Gasteiger partial charge on any atom is 0.306 e. The fourth-order valence-corrected chi connectivity index (χ4v) is 6.85. The molecule has 0 aromatic heterocycles. The van der Waals surface area contributed by atoms with Gasteiger partial charge < -0.3 is 14.2 Å². The summed E-state index contributed by atoms with van der Waals surface area (Å²) in [5.41, 5.74) is 0. The molecule has 0 N–H and O–H groups in total. The molecule has 0 aliphatic carbocycles. The van der Waals surface area contributed by atoms with Crippen molar-refractivity contribution >= 4 is 17.9 Å². The zero-order valence-corrected chi connectivity index (χ0v) is 40.4. The number of rotatable bonds is 45. The molecular formula is C56H94O6. The highest BCUT2D eigenvalue weighted by molar-refractivity contribution is 5.71. The smallest absolute Gasteiger partial charge is 0.306 e. The minimum atomic E-state index is -0.804. The van der Waals surface area contributed by atoms with E-state index in [2.05, 4.69) is 57.2 Å². The van der Waals surface area contributed by atoms with Crippen molar-refractivity contribution in [2.45, 2.75) is 239 Å². The van der Waals surface area contributed by atoms with E-state index in [9.17, 15) is 14.4 Å². The third-order valence-corrected chi connectivity index (χ3v) is 10.7. The summed E-state index contributed by atoms with van der Waals surface area (Å²) in [6.45, 7) is 6.40. The Labute approximate surface area is 382 Å². The summed E-state index contributed by atoms with van der Waals surface area (Å²) >= 11 is 0. The second-order valence-electron chi connectivity index (χ2n) is 16.8. The molecule has 6 nitrogen and oxygen atoms in total. The van der Waals surface area contributed by atoms with Gasteiger partial charge in [-0.05, 0) is 83.5 Å². The molecule has 0 saturated carbocycles. The summed E-state index contributed by atoms with van der Waals surface area (Å²) in [6, 6.07) is 0. The average molecular weight is 863 g/mol. The Bertz CT molecular complexity index is 1220. The van der Waals surface area contributed by atoms with E-state index in [-0.39, 0.29) is 37.5 Å². The molecule has 0 aromatic carbocycles. The van der Waals surface area contributed by atoms with Crippen molar-refractivity contribution in [3.05, 3.63) is 85.1 Å². The van der Waals surface area contributed by atoms with E-state index in [1.807, 2.05) is 48.6 Å². The molecule has 0 saturated heterocycles. The summed E-state index contributed by atoms with van der Waals surface area (Å²) in [5, 5.41) is 0. The van der Waals surface area contributed by atoms with Gasteiger partial charge in [0.2, 0.25) is 0 Å². The van der Waals surface area contributed by atoms with E-state index in [1.54, 1.807) is 0 Å². The second-order valence-corrected chi connectivity index (χ2v) is 16.8. The molecular weight excluding hydrogens is 769 g/mol. The molecule has 1 unspecified atom stereocenters. The summed E-state index contributed by atoms with van der Waals surface area (Å²) in [4.78, 5) is 37.9. The number of allylic oxidation sites excluding steroid dienone is 14. The average Bonchev–Trinajstić information content (AvgIpc) is 3.27. The molecule has 1 atom stereocenters. The molecule has 354 valence electrons. The van der Waals surface area contributed by atoms with Crippen LogP contribution in [-0.4, -0.2) is 37.2 Å².